The molecule has 3 heteroatoms. The Morgan fingerprint density at radius 1 is 1.05 bits per heavy atom. The molecule has 0 fully saturated rings. The number of benzene rings is 2. The Morgan fingerprint density at radius 2 is 1.68 bits per heavy atom. The molecule has 0 saturated carbocycles. The van der Waals surface area contributed by atoms with Gasteiger partial charge < -0.3 is 5.32 Å². The third-order valence-electron chi connectivity index (χ3n) is 3.56. The van der Waals surface area contributed by atoms with E-state index in [0.29, 0.717) is 18.9 Å². The summed E-state index contributed by atoms with van der Waals surface area (Å²) >= 11 is 1.80. The fourth-order valence-electron chi connectivity index (χ4n) is 2.18. The van der Waals surface area contributed by atoms with Gasteiger partial charge in [0.25, 0.3) is 0 Å². The molecule has 0 heterocycles. The minimum Gasteiger partial charge on any atom is -0.355 e. The summed E-state index contributed by atoms with van der Waals surface area (Å²) in [7, 11) is 0. The molecule has 0 bridgehead atoms. The number of hydrogen-bond donors (Lipinski definition) is 1. The molecule has 0 aromatic heterocycles. The summed E-state index contributed by atoms with van der Waals surface area (Å²) in [6.45, 7) is 2.84. The first-order chi connectivity index (χ1) is 10.8. The van der Waals surface area contributed by atoms with E-state index < -0.39 is 0 Å². The normalized spacial score (nSPS) is 11.9. The molecule has 22 heavy (non-hydrogen) atoms. The maximum atomic E-state index is 11.9. The molecule has 2 nitrogen and oxygen atoms in total. The van der Waals surface area contributed by atoms with Gasteiger partial charge in [-0.1, -0.05) is 67.6 Å². The van der Waals surface area contributed by atoms with E-state index >= 15 is 0 Å². The second-order valence-electron chi connectivity index (χ2n) is 5.40. The van der Waals surface area contributed by atoms with Crippen LogP contribution in [0.5, 0.6) is 0 Å². The van der Waals surface area contributed by atoms with E-state index in [9.17, 15) is 4.79 Å². The number of thioether (sulfide) groups is 1. The smallest absolute Gasteiger partial charge is 0.220 e. The highest BCUT2D eigenvalue weighted by molar-refractivity contribution is 7.98. The molecule has 0 aliphatic carbocycles. The first-order valence-corrected chi connectivity index (χ1v) is 8.84. The fraction of sp³-hybridized carbons (Fsp3) is 0.316. The van der Waals surface area contributed by atoms with Gasteiger partial charge in [0.1, 0.15) is 0 Å². The summed E-state index contributed by atoms with van der Waals surface area (Å²) in [6.07, 6.45) is 0.582. The number of carbonyl (C=O) groups excluding carboxylic acids is 1. The third-order valence-corrected chi connectivity index (χ3v) is 4.59. The van der Waals surface area contributed by atoms with E-state index in [2.05, 4.69) is 36.5 Å². The molecule has 1 amide bonds. The fourth-order valence-corrected chi connectivity index (χ4v) is 3.09. The van der Waals surface area contributed by atoms with Crippen LogP contribution in [0.1, 0.15) is 30.4 Å². The van der Waals surface area contributed by atoms with Crippen LogP contribution in [0.4, 0.5) is 0 Å². The van der Waals surface area contributed by atoms with E-state index in [1.807, 2.05) is 36.4 Å². The van der Waals surface area contributed by atoms with E-state index in [1.54, 1.807) is 11.8 Å². The summed E-state index contributed by atoms with van der Waals surface area (Å²) in [5, 5.41) is 3.03. The number of carbonyl (C=O) groups is 1. The minimum atomic E-state index is 0.142. The van der Waals surface area contributed by atoms with Crippen LogP contribution in [0, 0.1) is 0 Å². The van der Waals surface area contributed by atoms with E-state index in [1.165, 1.54) is 11.1 Å². The zero-order chi connectivity index (χ0) is 15.6. The van der Waals surface area contributed by atoms with Crippen LogP contribution >= 0.6 is 11.8 Å². The van der Waals surface area contributed by atoms with Crippen LogP contribution in [-0.2, 0) is 10.5 Å². The summed E-state index contributed by atoms with van der Waals surface area (Å²) in [5.41, 5.74) is 2.58. The van der Waals surface area contributed by atoms with E-state index in [4.69, 9.17) is 0 Å². The van der Waals surface area contributed by atoms with Crippen molar-refractivity contribution >= 4 is 17.7 Å². The van der Waals surface area contributed by atoms with Crippen molar-refractivity contribution in [3.05, 3.63) is 71.8 Å². The molecule has 0 spiro atoms. The monoisotopic (exact) mass is 313 g/mol. The number of amides is 1. The lowest BCUT2D eigenvalue weighted by molar-refractivity contribution is -0.120. The second-order valence-corrected chi connectivity index (χ2v) is 6.51. The van der Waals surface area contributed by atoms with Crippen LogP contribution in [0.15, 0.2) is 60.7 Å². The lowest BCUT2D eigenvalue weighted by atomic mass is 10.0. The average Bonchev–Trinajstić information content (AvgIpc) is 2.58. The molecule has 2 aromatic rings. The van der Waals surface area contributed by atoms with Crippen molar-refractivity contribution in [1.82, 2.24) is 5.32 Å². The topological polar surface area (TPSA) is 29.1 Å². The van der Waals surface area contributed by atoms with Crippen LogP contribution < -0.4 is 5.32 Å². The molecule has 116 valence electrons. The molecule has 1 N–H and O–H groups in total. The van der Waals surface area contributed by atoms with Crippen molar-refractivity contribution in [3.63, 3.8) is 0 Å². The van der Waals surface area contributed by atoms with Gasteiger partial charge in [-0.3, -0.25) is 4.79 Å². The molecule has 0 radical (unpaired) electrons. The second kappa shape index (κ2) is 9.31. The predicted molar refractivity (Wildman–Crippen MR) is 95.1 cm³/mol. The van der Waals surface area contributed by atoms with Gasteiger partial charge >= 0.3 is 0 Å². The SMILES string of the molecule is C[C@@H](CNC(=O)CCSCc1ccccc1)c1ccccc1. The van der Waals surface area contributed by atoms with Gasteiger partial charge in [-0.25, -0.2) is 0 Å². The number of rotatable bonds is 8. The van der Waals surface area contributed by atoms with Crippen LogP contribution in [-0.4, -0.2) is 18.2 Å². The molecule has 2 rings (SSSR count). The van der Waals surface area contributed by atoms with Gasteiger partial charge in [-0.2, -0.15) is 11.8 Å². The van der Waals surface area contributed by atoms with Gasteiger partial charge in [0.05, 0.1) is 0 Å². The number of hydrogen-bond acceptors (Lipinski definition) is 2. The average molecular weight is 313 g/mol. The molecular weight excluding hydrogens is 290 g/mol. The lowest BCUT2D eigenvalue weighted by Crippen LogP contribution is -2.27. The van der Waals surface area contributed by atoms with Crippen molar-refractivity contribution in [2.24, 2.45) is 0 Å². The van der Waals surface area contributed by atoms with E-state index in [0.717, 1.165) is 11.5 Å². The molecule has 2 aromatic carbocycles. The molecule has 0 aliphatic heterocycles. The minimum absolute atomic E-state index is 0.142. The van der Waals surface area contributed by atoms with Crippen molar-refractivity contribution in [2.75, 3.05) is 12.3 Å². The van der Waals surface area contributed by atoms with Crippen LogP contribution in [0.3, 0.4) is 0 Å². The molecular formula is C19H23NOS. The molecule has 0 aliphatic rings. The Balaban J connectivity index is 1.60. The zero-order valence-electron chi connectivity index (χ0n) is 13.0. The van der Waals surface area contributed by atoms with Crippen LogP contribution in [0.2, 0.25) is 0 Å². The van der Waals surface area contributed by atoms with Gasteiger partial charge in [0, 0.05) is 24.5 Å². The first kappa shape index (κ1) is 16.6. The van der Waals surface area contributed by atoms with Gasteiger partial charge in [0.2, 0.25) is 5.91 Å². The Bertz CT molecular complexity index is 556. The summed E-state index contributed by atoms with van der Waals surface area (Å²) in [6, 6.07) is 20.7. The Kier molecular flexibility index (Phi) is 7.04. The van der Waals surface area contributed by atoms with Gasteiger partial charge in [-0.05, 0) is 17.0 Å². The highest BCUT2D eigenvalue weighted by Gasteiger charge is 2.07. The summed E-state index contributed by atoms with van der Waals surface area (Å²) in [4.78, 5) is 11.9. The summed E-state index contributed by atoms with van der Waals surface area (Å²) in [5.74, 6) is 2.32. The maximum absolute atomic E-state index is 11.9. The standard InChI is InChI=1S/C19H23NOS/c1-16(18-10-6-3-7-11-18)14-20-19(21)12-13-22-15-17-8-4-2-5-9-17/h2-11,16H,12-15H2,1H3,(H,20,21)/t16-/m0/s1. The highest BCUT2D eigenvalue weighted by Crippen LogP contribution is 2.14. The zero-order valence-corrected chi connectivity index (χ0v) is 13.8. The quantitative estimate of drug-likeness (QED) is 0.739. The van der Waals surface area contributed by atoms with E-state index in [-0.39, 0.29) is 5.91 Å². The Morgan fingerprint density at radius 3 is 2.36 bits per heavy atom. The first-order valence-electron chi connectivity index (χ1n) is 7.69. The molecule has 0 saturated heterocycles. The maximum Gasteiger partial charge on any atom is 0.220 e. The van der Waals surface area contributed by atoms with Gasteiger partial charge in [-0.15, -0.1) is 0 Å². The van der Waals surface area contributed by atoms with Crippen molar-refractivity contribution in [1.29, 1.82) is 0 Å². The lowest BCUT2D eigenvalue weighted by Gasteiger charge is -2.13. The van der Waals surface area contributed by atoms with Crippen molar-refractivity contribution < 1.29 is 4.79 Å². The van der Waals surface area contributed by atoms with Crippen LogP contribution in [0.25, 0.3) is 0 Å². The number of nitrogens with one attached hydrogen (secondary N) is 1. The van der Waals surface area contributed by atoms with Crippen molar-refractivity contribution in [3.8, 4) is 0 Å². The van der Waals surface area contributed by atoms with Crippen molar-refractivity contribution in [2.45, 2.75) is 25.0 Å². The molecule has 1 atom stereocenters. The Hall–Kier alpha value is -1.74. The Labute approximate surface area is 137 Å². The molecule has 0 unspecified atom stereocenters. The highest BCUT2D eigenvalue weighted by atomic mass is 32.2. The predicted octanol–water partition coefficient (Wildman–Crippen LogP) is 4.23. The largest absolute Gasteiger partial charge is 0.355 e. The van der Waals surface area contributed by atoms with Gasteiger partial charge in [0.15, 0.2) is 0 Å². The summed E-state index contributed by atoms with van der Waals surface area (Å²) < 4.78 is 0. The third kappa shape index (κ3) is 5.94.